The molecular formula is C39H30N2S100. The summed E-state index contributed by atoms with van der Waals surface area (Å²) in [4.78, 5) is 0. The van der Waals surface area contributed by atoms with Crippen molar-refractivity contribution < 1.29 is 0 Å². The van der Waals surface area contributed by atoms with Crippen LogP contribution in [0.5, 0.6) is 0 Å². The van der Waals surface area contributed by atoms with Gasteiger partial charge in [-0.2, -0.15) is 0 Å². The second-order valence-electron chi connectivity index (χ2n) is 18.2. The van der Waals surface area contributed by atoms with Gasteiger partial charge in [-0.1, -0.05) is 105 Å². The van der Waals surface area contributed by atoms with Gasteiger partial charge in [-0.25, -0.2) is 0 Å². The second-order valence-corrected chi connectivity index (χ2v) is 192. The summed E-state index contributed by atoms with van der Waals surface area (Å²) < 4.78 is 2.36. The highest BCUT2D eigenvalue weighted by molar-refractivity contribution is 8.87. The lowest BCUT2D eigenvalue weighted by Gasteiger charge is -2.21. The summed E-state index contributed by atoms with van der Waals surface area (Å²) in [6.45, 7) is 4.65. The average Bonchev–Trinajstić information content (AvgIpc) is 1.58. The molecule has 1 aliphatic rings. The fraction of sp³-hybridized carbons (Fsp3) is 0.0769. The van der Waals surface area contributed by atoms with Crippen LogP contribution in [0.3, 0.4) is 0 Å². The first-order chi connectivity index (χ1) is 70.0. The predicted octanol–water partition coefficient (Wildman–Crippen LogP) is 10.3. The molecule has 6 aromatic carbocycles. The highest BCUT2D eigenvalue weighted by Gasteiger charge is 2.36. The molecule has 8 rings (SSSR count). The third-order valence-corrected chi connectivity index (χ3v) is 227. The summed E-state index contributed by atoms with van der Waals surface area (Å²) in [5, 5.41) is 6.27. The lowest BCUT2D eigenvalue weighted by Crippen LogP contribution is -2.14. The van der Waals surface area contributed by atoms with Crippen molar-refractivity contribution >= 4 is 926 Å². The minimum atomic E-state index is -0.00421. The number of rotatable bonds is 4. The maximum absolute atomic E-state index is 4.83. The van der Waals surface area contributed by atoms with E-state index in [9.17, 15) is 0 Å². The smallest absolute Gasteiger partial charge is 0.0541 e. The molecule has 0 saturated carbocycles. The van der Waals surface area contributed by atoms with E-state index in [1.165, 1.54) is 78.6 Å². The van der Waals surface area contributed by atoms with Crippen LogP contribution in [0.25, 0.3) is 49.7 Å². The first-order valence-corrected chi connectivity index (χ1v) is 163. The first kappa shape index (κ1) is 145. The number of nitrogens with one attached hydrogen (secondary N) is 1. The fourth-order valence-electron chi connectivity index (χ4n) is 7.86. The minimum Gasteiger partial charge on any atom is -0.355 e. The molecule has 141 heavy (non-hydrogen) atoms. The second kappa shape index (κ2) is 109. The molecule has 796 valence electrons. The average molecular weight is 3730 g/mol. The predicted molar refractivity (Wildman–Crippen MR) is 910 cm³/mol. The lowest BCUT2D eigenvalue weighted by atomic mass is 9.82. The molecule has 1 heterocycles. The van der Waals surface area contributed by atoms with Crippen molar-refractivity contribution in [3.05, 3.63) is 151 Å². The zero-order valence-corrected chi connectivity index (χ0v) is 146. The van der Waals surface area contributed by atoms with Crippen molar-refractivity contribution in [1.82, 2.24) is 4.57 Å². The molecule has 0 radical (unpaired) electrons. The van der Waals surface area contributed by atoms with Crippen molar-refractivity contribution in [1.29, 1.82) is 0 Å². The van der Waals surface area contributed by atoms with Gasteiger partial charge < -0.3 is 9.88 Å². The Hall–Kier alpha value is 16.9. The lowest BCUT2D eigenvalue weighted by molar-refractivity contribution is 0.660. The van der Waals surface area contributed by atoms with Crippen molar-refractivity contribution in [3.63, 3.8) is 0 Å². The van der Waals surface area contributed by atoms with E-state index in [4.69, 9.17) is 22.4 Å². The SMILES string of the molecule is CC1(C)c2ccccc2-c2c(Nc3ccc(-c4ccc5c(c4)c4ccccc4n5-c4ccccc4)cc3)cccc21.S=S=S=S=S=S=S=S=S=S=S=S=S=S=S=S=S=S=S=S=S=S=S=S=S=S=S=S=S=S=S=S=S=S=S=S=S=S=S=S=S=S=S=S=S=S=S=S=S=S=S=S=S=S=S=S=S=S=S=S=S=S=S=S=S=S=S=S=S=S=S=S=S=S=S=S=S=S=S=S=S=S=S=S=S=S=S=S=S=S=S=S=S=S=S=S=S=S=S=S. The monoisotopic (exact) mass is 3720 g/mol. The summed E-state index contributed by atoms with van der Waals surface area (Å²) in [6, 6.07) is 50.4. The number of para-hydroxylation sites is 2. The third kappa shape index (κ3) is 77.2. The Bertz CT molecular complexity index is 10700. The van der Waals surface area contributed by atoms with E-state index in [2.05, 4.69) is 163 Å². The molecular weight excluding hydrogens is 3700 g/mol. The molecule has 2 nitrogen and oxygen atoms in total. The van der Waals surface area contributed by atoms with Gasteiger partial charge in [0.15, 0.2) is 0 Å². The van der Waals surface area contributed by atoms with Gasteiger partial charge in [-0.3, -0.25) is 0 Å². The molecule has 1 aliphatic carbocycles. The van der Waals surface area contributed by atoms with Crippen LogP contribution in [0.1, 0.15) is 25.0 Å². The number of fused-ring (bicyclic) bond motifs is 6. The Morgan fingerprint density at radius 2 is 0.411 bits per heavy atom. The standard InChI is InChI=1S/C39H30N2.S100/c1-39(2)33-15-8-6-14-31(33)38-34(39)16-10-17-35(38)40-28-22-19-26(20-23-28)27-21-24-37-32(25-27)30-13-7-9-18-36(30)41(37)29-11-4-3-5-12-29;1-3-5-7-9-11-13-15-17-19-21-23-25-27-29-31-33-35-37-39-41-43-45-47-49-51-53-55-57-59-61-63-65-67-69-71-73-75-77-79-81-83-85-87-89-91-93-95-97-99-100-98-96-94-92-90-88-86-84-82-80-78-76-74-72-70-68-66-64-62-60-58-56-54-52-50-48-46-44-42-40-38-36-34-32-30-28-26-24-22-20-18-16-14-12-10-8-6-4-2/h3-25,40H,1-2H3;. The molecule has 0 fully saturated rings. The van der Waals surface area contributed by atoms with Crippen LogP contribution < -0.4 is 5.32 Å². The fourth-order valence-corrected chi connectivity index (χ4v) is 271. The van der Waals surface area contributed by atoms with Crippen LogP contribution in [0.2, 0.25) is 0 Å². The molecule has 0 spiro atoms. The number of benzene rings is 6. The maximum Gasteiger partial charge on any atom is 0.0541 e. The Balaban J connectivity index is 0.000000532. The van der Waals surface area contributed by atoms with Crippen molar-refractivity contribution in [2.75, 3.05) is 5.32 Å². The van der Waals surface area contributed by atoms with Crippen LogP contribution in [-0.2, 0) is 898 Å². The Morgan fingerprint density at radius 3 is 0.681 bits per heavy atom. The molecule has 102 heteroatoms. The molecule has 0 unspecified atom stereocenters. The molecule has 0 saturated heterocycles. The highest BCUT2D eigenvalue weighted by Crippen LogP contribution is 2.51. The largest absolute Gasteiger partial charge is 0.355 e. The summed E-state index contributed by atoms with van der Waals surface area (Å²) in [5.74, 6) is 0. The highest BCUT2D eigenvalue weighted by atomic mass is 33.6. The summed E-state index contributed by atoms with van der Waals surface area (Å²) in [5.41, 5.74) is 13.7. The topological polar surface area (TPSA) is 17.0 Å². The van der Waals surface area contributed by atoms with Crippen LogP contribution in [-0.4, -0.2) is 4.57 Å². The number of anilines is 2. The number of hydrogen-bond acceptors (Lipinski definition) is 3. The van der Waals surface area contributed by atoms with Gasteiger partial charge in [-0.05, 0) is 76.3 Å². The summed E-state index contributed by atoms with van der Waals surface area (Å²) in [7, 11) is 177. The van der Waals surface area contributed by atoms with Gasteiger partial charge in [-0.15, -0.1) is 0 Å². The van der Waals surface area contributed by atoms with Gasteiger partial charge in [0, 0.05) is 931 Å². The zero-order valence-electron chi connectivity index (χ0n) is 64.1. The number of nitrogens with zero attached hydrogens (tertiary/aromatic N) is 1. The molecule has 0 aliphatic heterocycles. The van der Waals surface area contributed by atoms with E-state index < -0.39 is 0 Å². The van der Waals surface area contributed by atoms with Gasteiger partial charge in [0.25, 0.3) is 0 Å². The molecule has 7 aromatic rings. The zero-order chi connectivity index (χ0) is 98.8. The van der Waals surface area contributed by atoms with Gasteiger partial charge >= 0.3 is 0 Å². The van der Waals surface area contributed by atoms with E-state index in [-0.39, 0.29) is 5.41 Å². The van der Waals surface area contributed by atoms with Gasteiger partial charge in [0.05, 0.1) is 11.0 Å². The third-order valence-electron chi connectivity index (χ3n) is 11.5. The van der Waals surface area contributed by atoms with Crippen molar-refractivity contribution in [2.45, 2.75) is 19.3 Å². The Morgan fingerprint density at radius 1 is 0.191 bits per heavy atom. The van der Waals surface area contributed by atoms with Crippen molar-refractivity contribution in [2.24, 2.45) is 0 Å². The van der Waals surface area contributed by atoms with Crippen LogP contribution >= 0.6 is 0 Å². The summed E-state index contributed by atoms with van der Waals surface area (Å²) in [6.07, 6.45) is 0. The Labute approximate surface area is 1100 Å². The van der Waals surface area contributed by atoms with Crippen LogP contribution in [0.4, 0.5) is 11.4 Å². The molecule has 0 atom stereocenters. The molecule has 1 N–H and O–H groups in total. The van der Waals surface area contributed by atoms with E-state index in [1.807, 2.05) is 746 Å². The molecule has 0 amide bonds. The quantitative estimate of drug-likeness (QED) is 0.189. The van der Waals surface area contributed by atoms with Crippen LogP contribution in [0.15, 0.2) is 140 Å². The first-order valence-electron chi connectivity index (χ1n) is 30.8. The molecule has 0 bridgehead atoms. The Kier molecular flexibility index (Phi) is 112. The normalized spacial score (nSPS) is 9.46. The maximum atomic E-state index is 4.83. The van der Waals surface area contributed by atoms with E-state index in [1.54, 1.807) is 107 Å². The number of hydrogen-bond donors (Lipinski definition) is 1. The summed E-state index contributed by atoms with van der Waals surface area (Å²) >= 11 is 9.66. The van der Waals surface area contributed by atoms with Gasteiger partial charge in [0.1, 0.15) is 0 Å². The molecule has 1 aromatic heterocycles. The van der Waals surface area contributed by atoms with Crippen LogP contribution in [0, 0.1) is 0 Å². The van der Waals surface area contributed by atoms with Crippen molar-refractivity contribution in [3.8, 4) is 27.9 Å². The van der Waals surface area contributed by atoms with E-state index in [0.717, 1.165) is 11.4 Å². The number of aromatic nitrogens is 1. The van der Waals surface area contributed by atoms with E-state index >= 15 is 0 Å². The van der Waals surface area contributed by atoms with E-state index in [0.29, 0.717) is 0 Å². The van der Waals surface area contributed by atoms with Gasteiger partial charge in [0.2, 0.25) is 0 Å². The minimum absolute atomic E-state index is 0.00421.